The molecule has 0 saturated carbocycles. The molecule has 0 aliphatic heterocycles. The quantitative estimate of drug-likeness (QED) is 0.558. The van der Waals surface area contributed by atoms with Crippen LogP contribution in [0.5, 0.6) is 0 Å². The zero-order chi connectivity index (χ0) is 19.7. The Bertz CT molecular complexity index is 1220. The highest BCUT2D eigenvalue weighted by Gasteiger charge is 2.15. The SMILES string of the molecule is CC(C)S(=O)(=O)Nc1ccc(-c2ccc3nnc(-c4cccnc4)n3n2)cc1. The van der Waals surface area contributed by atoms with Gasteiger partial charge in [0.05, 0.1) is 10.9 Å². The van der Waals surface area contributed by atoms with E-state index in [1.807, 2.05) is 36.4 Å². The van der Waals surface area contributed by atoms with Crippen LogP contribution in [-0.2, 0) is 10.0 Å². The van der Waals surface area contributed by atoms with Crippen LogP contribution in [0.15, 0.2) is 60.9 Å². The van der Waals surface area contributed by atoms with Gasteiger partial charge in [0.15, 0.2) is 11.5 Å². The van der Waals surface area contributed by atoms with Crippen molar-refractivity contribution in [3.63, 3.8) is 0 Å². The van der Waals surface area contributed by atoms with E-state index in [-0.39, 0.29) is 0 Å². The number of aromatic nitrogens is 5. The second-order valence-corrected chi connectivity index (χ2v) is 8.76. The van der Waals surface area contributed by atoms with Crippen molar-refractivity contribution in [3.8, 4) is 22.6 Å². The Morgan fingerprint density at radius 1 is 0.964 bits per heavy atom. The number of pyridine rings is 1. The lowest BCUT2D eigenvalue weighted by atomic mass is 10.1. The Morgan fingerprint density at radius 3 is 2.43 bits per heavy atom. The molecule has 1 aromatic carbocycles. The molecule has 4 aromatic rings. The Kier molecular flexibility index (Phi) is 4.52. The van der Waals surface area contributed by atoms with Gasteiger partial charge in [-0.2, -0.15) is 9.61 Å². The average molecular weight is 394 g/mol. The molecule has 9 heteroatoms. The summed E-state index contributed by atoms with van der Waals surface area (Å²) >= 11 is 0. The van der Waals surface area contributed by atoms with Crippen molar-refractivity contribution in [3.05, 3.63) is 60.9 Å². The standard InChI is InChI=1S/C19H18N6O2S/c1-13(2)28(26,27)24-16-7-5-14(6-8-16)17-9-10-18-21-22-19(25(18)23-17)15-4-3-11-20-12-15/h3-13,24H,1-2H3. The molecule has 0 aliphatic carbocycles. The van der Waals surface area contributed by atoms with Gasteiger partial charge in [-0.1, -0.05) is 12.1 Å². The van der Waals surface area contributed by atoms with Crippen molar-refractivity contribution in [2.24, 2.45) is 0 Å². The summed E-state index contributed by atoms with van der Waals surface area (Å²) in [5.74, 6) is 0.603. The second kappa shape index (κ2) is 7.01. The van der Waals surface area contributed by atoms with E-state index in [0.717, 1.165) is 16.8 Å². The van der Waals surface area contributed by atoms with E-state index in [0.29, 0.717) is 17.2 Å². The van der Waals surface area contributed by atoms with Gasteiger partial charge in [-0.25, -0.2) is 8.42 Å². The van der Waals surface area contributed by atoms with Gasteiger partial charge in [-0.3, -0.25) is 9.71 Å². The predicted octanol–water partition coefficient (Wildman–Crippen LogP) is 3.00. The first-order valence-corrected chi connectivity index (χ1v) is 10.2. The highest BCUT2D eigenvalue weighted by Crippen LogP contribution is 2.23. The van der Waals surface area contributed by atoms with Crippen LogP contribution in [0.4, 0.5) is 5.69 Å². The number of anilines is 1. The first-order chi connectivity index (χ1) is 13.4. The fraction of sp³-hybridized carbons (Fsp3) is 0.158. The summed E-state index contributed by atoms with van der Waals surface area (Å²) in [6, 6.07) is 14.5. The summed E-state index contributed by atoms with van der Waals surface area (Å²) < 4.78 is 28.2. The first-order valence-electron chi connectivity index (χ1n) is 8.69. The van der Waals surface area contributed by atoms with Crippen molar-refractivity contribution in [1.29, 1.82) is 0 Å². The fourth-order valence-corrected chi connectivity index (χ4v) is 3.31. The number of fused-ring (bicyclic) bond motifs is 1. The number of sulfonamides is 1. The molecule has 142 valence electrons. The molecule has 3 aromatic heterocycles. The van der Waals surface area contributed by atoms with Crippen molar-refractivity contribution in [2.75, 3.05) is 4.72 Å². The summed E-state index contributed by atoms with van der Waals surface area (Å²) in [5, 5.41) is 12.5. The summed E-state index contributed by atoms with van der Waals surface area (Å²) in [6.07, 6.45) is 3.40. The lowest BCUT2D eigenvalue weighted by Crippen LogP contribution is -2.22. The number of hydrogen-bond acceptors (Lipinski definition) is 6. The van der Waals surface area contributed by atoms with Gasteiger partial charge in [0.25, 0.3) is 0 Å². The van der Waals surface area contributed by atoms with Crippen LogP contribution >= 0.6 is 0 Å². The van der Waals surface area contributed by atoms with Crippen LogP contribution in [0.1, 0.15) is 13.8 Å². The van der Waals surface area contributed by atoms with E-state index in [9.17, 15) is 8.42 Å². The second-order valence-electron chi connectivity index (χ2n) is 6.53. The highest BCUT2D eigenvalue weighted by molar-refractivity contribution is 7.93. The smallest absolute Gasteiger partial charge is 0.235 e. The van der Waals surface area contributed by atoms with Gasteiger partial charge >= 0.3 is 0 Å². The molecule has 4 rings (SSSR count). The fourth-order valence-electron chi connectivity index (χ4n) is 2.61. The van der Waals surface area contributed by atoms with Gasteiger partial charge in [0.1, 0.15) is 0 Å². The van der Waals surface area contributed by atoms with E-state index >= 15 is 0 Å². The lowest BCUT2D eigenvalue weighted by molar-refractivity contribution is 0.593. The molecule has 0 fully saturated rings. The minimum absolute atomic E-state index is 0.504. The largest absolute Gasteiger partial charge is 0.283 e. The third-order valence-corrected chi connectivity index (χ3v) is 6.01. The van der Waals surface area contributed by atoms with Crippen LogP contribution in [0.3, 0.4) is 0 Å². The van der Waals surface area contributed by atoms with Gasteiger partial charge in [0, 0.05) is 29.2 Å². The highest BCUT2D eigenvalue weighted by atomic mass is 32.2. The Labute approximate surface area is 162 Å². The van der Waals surface area contributed by atoms with Crippen LogP contribution in [0.25, 0.3) is 28.3 Å². The van der Waals surface area contributed by atoms with Crippen LogP contribution in [0, 0.1) is 0 Å². The average Bonchev–Trinajstić information content (AvgIpc) is 3.12. The zero-order valence-electron chi connectivity index (χ0n) is 15.3. The zero-order valence-corrected chi connectivity index (χ0v) is 16.1. The van der Waals surface area contributed by atoms with Crippen LogP contribution < -0.4 is 4.72 Å². The Morgan fingerprint density at radius 2 is 1.75 bits per heavy atom. The van der Waals surface area contributed by atoms with Crippen LogP contribution in [0.2, 0.25) is 0 Å². The molecule has 0 unspecified atom stereocenters. The summed E-state index contributed by atoms with van der Waals surface area (Å²) in [7, 11) is -3.38. The molecular weight excluding hydrogens is 376 g/mol. The first kappa shape index (κ1) is 18.1. The lowest BCUT2D eigenvalue weighted by Gasteiger charge is -2.11. The Hall–Kier alpha value is -3.33. The molecule has 0 radical (unpaired) electrons. The molecule has 0 spiro atoms. The third-order valence-electron chi connectivity index (χ3n) is 4.24. The van der Waals surface area contributed by atoms with Gasteiger partial charge in [-0.15, -0.1) is 10.2 Å². The molecule has 8 nitrogen and oxygen atoms in total. The van der Waals surface area contributed by atoms with Gasteiger partial charge < -0.3 is 0 Å². The van der Waals surface area contributed by atoms with Crippen molar-refractivity contribution in [2.45, 2.75) is 19.1 Å². The summed E-state index contributed by atoms with van der Waals surface area (Å²) in [6.45, 7) is 3.27. The van der Waals surface area contributed by atoms with E-state index in [4.69, 9.17) is 0 Å². The van der Waals surface area contributed by atoms with E-state index in [2.05, 4.69) is 25.0 Å². The molecule has 0 amide bonds. The van der Waals surface area contributed by atoms with Gasteiger partial charge in [0.2, 0.25) is 10.0 Å². The minimum Gasteiger partial charge on any atom is -0.283 e. The topological polar surface area (TPSA) is 102 Å². The normalized spacial score (nSPS) is 11.8. The van der Waals surface area contributed by atoms with E-state index in [1.54, 1.807) is 42.9 Å². The molecule has 0 atom stereocenters. The van der Waals surface area contributed by atoms with E-state index < -0.39 is 15.3 Å². The Balaban J connectivity index is 1.68. The molecule has 0 aliphatic rings. The molecule has 1 N–H and O–H groups in total. The summed E-state index contributed by atoms with van der Waals surface area (Å²) in [5.41, 5.74) is 3.52. The maximum Gasteiger partial charge on any atom is 0.235 e. The molecule has 0 saturated heterocycles. The van der Waals surface area contributed by atoms with Crippen LogP contribution in [-0.4, -0.2) is 38.5 Å². The van der Waals surface area contributed by atoms with Crippen molar-refractivity contribution >= 4 is 21.4 Å². The number of hydrogen-bond donors (Lipinski definition) is 1. The van der Waals surface area contributed by atoms with Crippen molar-refractivity contribution in [1.82, 2.24) is 24.8 Å². The third kappa shape index (κ3) is 3.44. The van der Waals surface area contributed by atoms with Crippen molar-refractivity contribution < 1.29 is 8.42 Å². The maximum atomic E-state index is 12.0. The molecule has 28 heavy (non-hydrogen) atoms. The molecule has 3 heterocycles. The minimum atomic E-state index is -3.38. The summed E-state index contributed by atoms with van der Waals surface area (Å²) in [4.78, 5) is 4.11. The molecule has 0 bridgehead atoms. The number of nitrogens with zero attached hydrogens (tertiary/aromatic N) is 5. The maximum absolute atomic E-state index is 12.0. The monoisotopic (exact) mass is 394 g/mol. The number of nitrogens with one attached hydrogen (secondary N) is 1. The van der Waals surface area contributed by atoms with Gasteiger partial charge in [-0.05, 0) is 50.2 Å². The predicted molar refractivity (Wildman–Crippen MR) is 107 cm³/mol. The molecular formula is C19H18N6O2S. The van der Waals surface area contributed by atoms with E-state index in [1.165, 1.54) is 0 Å². The number of rotatable bonds is 5. The number of benzene rings is 1.